The molecule has 1 saturated heterocycles. The second-order valence-electron chi connectivity index (χ2n) is 7.10. The number of benzene rings is 2. The molecule has 0 bridgehead atoms. The van der Waals surface area contributed by atoms with E-state index in [0.717, 1.165) is 5.56 Å². The summed E-state index contributed by atoms with van der Waals surface area (Å²) in [6, 6.07) is 11.9. The van der Waals surface area contributed by atoms with Gasteiger partial charge in [0.1, 0.15) is 17.1 Å². The number of Topliss-reactive ketones (excluding diaryl/α,β-unsaturated/α-hetero) is 1. The number of rotatable bonds is 3. The van der Waals surface area contributed by atoms with Crippen molar-refractivity contribution in [3.63, 3.8) is 0 Å². The topological polar surface area (TPSA) is 72.9 Å². The van der Waals surface area contributed by atoms with Crippen molar-refractivity contribution >= 4 is 15.8 Å². The fraction of sp³-hybridized carbons (Fsp3) is 0.350. The van der Waals surface area contributed by atoms with Crippen LogP contribution in [0.5, 0.6) is 11.5 Å². The molecule has 1 atom stereocenters. The van der Waals surface area contributed by atoms with E-state index in [2.05, 4.69) is 0 Å². The maximum absolute atomic E-state index is 13.1. The van der Waals surface area contributed by atoms with Crippen molar-refractivity contribution in [2.24, 2.45) is 0 Å². The molecule has 0 aliphatic carbocycles. The maximum Gasteiger partial charge on any atom is 0.243 e. The normalized spacial score (nSPS) is 22.5. The Balaban J connectivity index is 1.61. The molecule has 0 aromatic heterocycles. The lowest BCUT2D eigenvalue weighted by atomic mass is 9.89. The highest BCUT2D eigenvalue weighted by Crippen LogP contribution is 2.40. The molecule has 1 fully saturated rings. The Morgan fingerprint density at radius 2 is 1.96 bits per heavy atom. The van der Waals surface area contributed by atoms with Crippen molar-refractivity contribution in [3.05, 3.63) is 53.6 Å². The summed E-state index contributed by atoms with van der Waals surface area (Å²) in [5, 5.41) is 0. The van der Waals surface area contributed by atoms with Gasteiger partial charge in [0.05, 0.1) is 30.5 Å². The molecule has 2 aliphatic heterocycles. The number of ether oxygens (including phenoxy) is 2. The second kappa shape index (κ2) is 6.35. The quantitative estimate of drug-likeness (QED) is 0.810. The molecular formula is C20H21NO5S. The molecule has 2 aromatic rings. The number of methoxy groups -OCH3 is 1. The van der Waals surface area contributed by atoms with E-state index in [4.69, 9.17) is 9.47 Å². The van der Waals surface area contributed by atoms with Gasteiger partial charge in [-0.25, -0.2) is 8.42 Å². The Morgan fingerprint density at radius 1 is 1.19 bits per heavy atom. The highest BCUT2D eigenvalue weighted by Gasteiger charge is 2.48. The number of hydrogen-bond donors (Lipinski definition) is 0. The lowest BCUT2D eigenvalue weighted by Crippen LogP contribution is -2.45. The third-order valence-corrected chi connectivity index (χ3v) is 7.12. The molecule has 0 saturated carbocycles. The summed E-state index contributed by atoms with van der Waals surface area (Å²) in [6.45, 7) is 2.30. The van der Waals surface area contributed by atoms with Crippen LogP contribution in [-0.4, -0.2) is 44.3 Å². The molecule has 7 heteroatoms. The standard InChI is InChI=1S/C20H21NO5S/c1-14-11-15(7-8-18(14)25-2)27(23,24)21-10-9-20(13-21)12-17(22)16-5-3-4-6-19(16)26-20/h3-8,11H,9-10,12-13H2,1-2H3. The van der Waals surface area contributed by atoms with Crippen molar-refractivity contribution in [2.45, 2.75) is 30.3 Å². The zero-order valence-corrected chi connectivity index (χ0v) is 16.1. The summed E-state index contributed by atoms with van der Waals surface area (Å²) in [5.74, 6) is 1.18. The van der Waals surface area contributed by atoms with Crippen molar-refractivity contribution in [3.8, 4) is 11.5 Å². The fourth-order valence-electron chi connectivity index (χ4n) is 3.84. The van der Waals surface area contributed by atoms with E-state index in [-0.39, 0.29) is 23.6 Å². The van der Waals surface area contributed by atoms with Crippen LogP contribution in [0.15, 0.2) is 47.4 Å². The van der Waals surface area contributed by atoms with Gasteiger partial charge in [-0.1, -0.05) is 12.1 Å². The molecular weight excluding hydrogens is 366 g/mol. The number of carbonyl (C=O) groups is 1. The number of fused-ring (bicyclic) bond motifs is 1. The summed E-state index contributed by atoms with van der Waals surface area (Å²) in [5.41, 5.74) is 0.528. The molecule has 2 aliphatic rings. The number of para-hydroxylation sites is 1. The van der Waals surface area contributed by atoms with Crippen LogP contribution in [0.1, 0.15) is 28.8 Å². The minimum Gasteiger partial charge on any atom is -0.496 e. The molecule has 1 unspecified atom stereocenters. The van der Waals surface area contributed by atoms with Crippen LogP contribution in [0.25, 0.3) is 0 Å². The Morgan fingerprint density at radius 3 is 2.70 bits per heavy atom. The van der Waals surface area contributed by atoms with E-state index in [0.29, 0.717) is 30.0 Å². The van der Waals surface area contributed by atoms with Crippen LogP contribution in [0.2, 0.25) is 0 Å². The maximum atomic E-state index is 13.1. The van der Waals surface area contributed by atoms with Crippen LogP contribution >= 0.6 is 0 Å². The highest BCUT2D eigenvalue weighted by molar-refractivity contribution is 7.89. The van der Waals surface area contributed by atoms with E-state index in [1.165, 1.54) is 4.31 Å². The number of ketones is 1. The van der Waals surface area contributed by atoms with E-state index >= 15 is 0 Å². The van der Waals surface area contributed by atoms with Gasteiger partial charge in [-0.2, -0.15) is 4.31 Å². The van der Waals surface area contributed by atoms with Gasteiger partial charge < -0.3 is 9.47 Å². The zero-order valence-electron chi connectivity index (χ0n) is 15.3. The summed E-state index contributed by atoms with van der Waals surface area (Å²) in [7, 11) is -2.12. The molecule has 0 amide bonds. The average molecular weight is 387 g/mol. The minimum absolute atomic E-state index is 0.00334. The van der Waals surface area contributed by atoms with E-state index in [1.807, 2.05) is 13.0 Å². The molecule has 4 rings (SSSR count). The molecule has 6 nitrogen and oxygen atoms in total. The molecule has 142 valence electrons. The number of nitrogens with zero attached hydrogens (tertiary/aromatic N) is 1. The van der Waals surface area contributed by atoms with Gasteiger partial charge in [-0.05, 0) is 42.8 Å². The molecule has 0 N–H and O–H groups in total. The predicted molar refractivity (Wildman–Crippen MR) is 99.9 cm³/mol. The van der Waals surface area contributed by atoms with E-state index in [1.54, 1.807) is 43.5 Å². The smallest absolute Gasteiger partial charge is 0.243 e. The SMILES string of the molecule is COc1ccc(S(=O)(=O)N2CCC3(CC(=O)c4ccccc4O3)C2)cc1C. The van der Waals surface area contributed by atoms with Gasteiger partial charge in [-0.3, -0.25) is 4.79 Å². The molecule has 0 radical (unpaired) electrons. The Kier molecular flexibility index (Phi) is 4.24. The lowest BCUT2D eigenvalue weighted by molar-refractivity contribution is 0.0498. The van der Waals surface area contributed by atoms with Crippen molar-refractivity contribution in [2.75, 3.05) is 20.2 Å². The molecule has 2 heterocycles. The summed E-state index contributed by atoms with van der Waals surface area (Å²) in [4.78, 5) is 12.7. The Hall–Kier alpha value is -2.38. The fourth-order valence-corrected chi connectivity index (χ4v) is 5.45. The first-order chi connectivity index (χ1) is 12.8. The van der Waals surface area contributed by atoms with Gasteiger partial charge in [0.15, 0.2) is 5.78 Å². The van der Waals surface area contributed by atoms with Gasteiger partial charge in [0.2, 0.25) is 10.0 Å². The number of aryl methyl sites for hydroxylation is 1. The van der Waals surface area contributed by atoms with Gasteiger partial charge in [0, 0.05) is 13.0 Å². The first kappa shape index (κ1) is 18.0. The van der Waals surface area contributed by atoms with Crippen LogP contribution in [0.3, 0.4) is 0 Å². The van der Waals surface area contributed by atoms with Crippen molar-refractivity contribution < 1.29 is 22.7 Å². The van der Waals surface area contributed by atoms with Crippen molar-refractivity contribution in [1.29, 1.82) is 0 Å². The molecule has 1 spiro atoms. The third-order valence-electron chi connectivity index (χ3n) is 5.28. The predicted octanol–water partition coefficient (Wildman–Crippen LogP) is 2.80. The number of carbonyl (C=O) groups excluding carboxylic acids is 1. The molecule has 2 aromatic carbocycles. The largest absolute Gasteiger partial charge is 0.496 e. The number of hydrogen-bond acceptors (Lipinski definition) is 5. The highest BCUT2D eigenvalue weighted by atomic mass is 32.2. The average Bonchev–Trinajstić information content (AvgIpc) is 3.05. The Labute approximate surface area is 158 Å². The second-order valence-corrected chi connectivity index (χ2v) is 9.04. The first-order valence-electron chi connectivity index (χ1n) is 8.81. The minimum atomic E-state index is -3.67. The van der Waals surface area contributed by atoms with Crippen molar-refractivity contribution in [1.82, 2.24) is 4.31 Å². The van der Waals surface area contributed by atoms with Crippen LogP contribution in [0, 0.1) is 6.92 Å². The van der Waals surface area contributed by atoms with E-state index < -0.39 is 15.6 Å². The summed E-state index contributed by atoms with van der Waals surface area (Å²) >= 11 is 0. The Bertz CT molecular complexity index is 1020. The summed E-state index contributed by atoms with van der Waals surface area (Å²) in [6.07, 6.45) is 0.680. The molecule has 27 heavy (non-hydrogen) atoms. The number of sulfonamides is 1. The monoisotopic (exact) mass is 387 g/mol. The van der Waals surface area contributed by atoms with Gasteiger partial charge in [-0.15, -0.1) is 0 Å². The van der Waals surface area contributed by atoms with Gasteiger partial charge in [0.25, 0.3) is 0 Å². The lowest BCUT2D eigenvalue weighted by Gasteiger charge is -2.34. The van der Waals surface area contributed by atoms with Crippen LogP contribution in [0.4, 0.5) is 0 Å². The van der Waals surface area contributed by atoms with Crippen LogP contribution in [-0.2, 0) is 10.0 Å². The first-order valence-corrected chi connectivity index (χ1v) is 10.2. The summed E-state index contributed by atoms with van der Waals surface area (Å²) < 4.78 is 38.9. The van der Waals surface area contributed by atoms with Gasteiger partial charge >= 0.3 is 0 Å². The van der Waals surface area contributed by atoms with E-state index in [9.17, 15) is 13.2 Å². The third kappa shape index (κ3) is 3.00. The van der Waals surface area contributed by atoms with Crippen LogP contribution < -0.4 is 9.47 Å². The zero-order chi connectivity index (χ0) is 19.2.